The van der Waals surface area contributed by atoms with Crippen LogP contribution >= 0.6 is 0 Å². The Morgan fingerprint density at radius 1 is 0.871 bits per heavy atom. The van der Waals surface area contributed by atoms with Crippen LogP contribution in [0.3, 0.4) is 0 Å². The topological polar surface area (TPSA) is 65.6 Å². The van der Waals surface area contributed by atoms with Crippen LogP contribution in [0.1, 0.15) is 37.6 Å². The predicted molar refractivity (Wildman–Crippen MR) is 125 cm³/mol. The zero-order valence-corrected chi connectivity index (χ0v) is 18.1. The van der Waals surface area contributed by atoms with Gasteiger partial charge in [0.05, 0.1) is 11.0 Å². The minimum absolute atomic E-state index is 0.0420. The molecule has 0 aliphatic carbocycles. The first-order valence-corrected chi connectivity index (χ1v) is 10.8. The van der Waals surface area contributed by atoms with Gasteiger partial charge in [-0.3, -0.25) is 13.9 Å². The summed E-state index contributed by atoms with van der Waals surface area (Å²) in [6, 6.07) is 15.9. The minimum Gasteiger partial charge on any atom is -0.296 e. The van der Waals surface area contributed by atoms with Crippen LogP contribution in [-0.2, 0) is 6.54 Å². The molecule has 3 aromatic heterocycles. The Hall–Kier alpha value is -3.54. The Morgan fingerprint density at radius 3 is 2.39 bits per heavy atom. The largest absolute Gasteiger partial charge is 0.296 e. The molecule has 0 bridgehead atoms. The summed E-state index contributed by atoms with van der Waals surface area (Å²) >= 11 is 0. The molecule has 0 saturated heterocycles. The van der Waals surface area contributed by atoms with Crippen LogP contribution < -0.4 is 5.56 Å². The molecule has 0 fully saturated rings. The van der Waals surface area contributed by atoms with Gasteiger partial charge < -0.3 is 0 Å². The number of nitrogens with zero attached hydrogens (tertiary/aromatic N) is 5. The van der Waals surface area contributed by atoms with E-state index in [4.69, 9.17) is 15.0 Å². The Kier molecular flexibility index (Phi) is 4.77. The maximum Gasteiger partial charge on any atom is 0.265 e. The van der Waals surface area contributed by atoms with Crippen LogP contribution in [0.2, 0.25) is 0 Å². The van der Waals surface area contributed by atoms with Crippen molar-refractivity contribution in [2.45, 2.75) is 46.6 Å². The number of hydrogen-bond donors (Lipinski definition) is 0. The van der Waals surface area contributed by atoms with E-state index >= 15 is 0 Å². The second kappa shape index (κ2) is 7.61. The zero-order chi connectivity index (χ0) is 21.5. The molecule has 5 aromatic rings. The number of hydrogen-bond acceptors (Lipinski definition) is 4. The molecule has 0 spiro atoms. The summed E-state index contributed by atoms with van der Waals surface area (Å²) in [5.41, 5.74) is 5.48. The van der Waals surface area contributed by atoms with E-state index in [1.165, 1.54) is 0 Å². The zero-order valence-electron chi connectivity index (χ0n) is 18.1. The monoisotopic (exact) mass is 411 g/mol. The predicted octanol–water partition coefficient (Wildman–Crippen LogP) is 5.09. The van der Waals surface area contributed by atoms with Crippen molar-refractivity contribution in [1.82, 2.24) is 24.1 Å². The van der Waals surface area contributed by atoms with Gasteiger partial charge in [-0.15, -0.1) is 0 Å². The van der Waals surface area contributed by atoms with Crippen LogP contribution in [0.15, 0.2) is 53.3 Å². The van der Waals surface area contributed by atoms with Crippen molar-refractivity contribution in [2.75, 3.05) is 0 Å². The van der Waals surface area contributed by atoms with E-state index in [1.54, 1.807) is 4.57 Å². The van der Waals surface area contributed by atoms with Gasteiger partial charge in [-0.1, -0.05) is 44.0 Å². The summed E-state index contributed by atoms with van der Waals surface area (Å²) in [7, 11) is 0. The van der Waals surface area contributed by atoms with Crippen molar-refractivity contribution in [3.63, 3.8) is 0 Å². The van der Waals surface area contributed by atoms with Gasteiger partial charge in [0.15, 0.2) is 11.3 Å². The van der Waals surface area contributed by atoms with Crippen molar-refractivity contribution in [3.05, 3.63) is 70.3 Å². The number of aromatic nitrogens is 5. The molecule has 0 atom stereocenters. The fourth-order valence-electron chi connectivity index (χ4n) is 4.23. The number of benzene rings is 2. The average molecular weight is 412 g/mol. The van der Waals surface area contributed by atoms with Crippen LogP contribution in [0.4, 0.5) is 0 Å². The summed E-state index contributed by atoms with van der Waals surface area (Å²) in [6.45, 7) is 6.78. The number of fused-ring (bicyclic) bond motifs is 4. The molecule has 3 heterocycles. The normalized spacial score (nSPS) is 11.7. The molecule has 0 amide bonds. The van der Waals surface area contributed by atoms with Gasteiger partial charge in [0.1, 0.15) is 16.7 Å². The number of para-hydroxylation sites is 2. The number of rotatable bonds is 5. The van der Waals surface area contributed by atoms with Gasteiger partial charge in [0, 0.05) is 12.2 Å². The highest BCUT2D eigenvalue weighted by molar-refractivity contribution is 6.05. The highest BCUT2D eigenvalue weighted by Crippen LogP contribution is 2.29. The van der Waals surface area contributed by atoms with Gasteiger partial charge in [0.2, 0.25) is 0 Å². The smallest absolute Gasteiger partial charge is 0.265 e. The van der Waals surface area contributed by atoms with Gasteiger partial charge in [-0.05, 0) is 50.1 Å². The van der Waals surface area contributed by atoms with E-state index in [0.717, 1.165) is 47.4 Å². The first-order chi connectivity index (χ1) is 15.1. The Balaban J connectivity index is 1.91. The van der Waals surface area contributed by atoms with Gasteiger partial charge >= 0.3 is 0 Å². The third kappa shape index (κ3) is 3.19. The number of unbranched alkanes of at least 4 members (excludes halogenated alkanes) is 2. The maximum atomic E-state index is 13.6. The lowest BCUT2D eigenvalue weighted by atomic mass is 10.2. The molecule has 0 saturated carbocycles. The van der Waals surface area contributed by atoms with E-state index in [9.17, 15) is 4.79 Å². The maximum absolute atomic E-state index is 13.6. The fraction of sp³-hybridized carbons (Fsp3) is 0.280. The van der Waals surface area contributed by atoms with Gasteiger partial charge in [0.25, 0.3) is 5.56 Å². The second-order valence-corrected chi connectivity index (χ2v) is 8.08. The van der Waals surface area contributed by atoms with E-state index in [1.807, 2.05) is 47.9 Å². The number of aryl methyl sites for hydroxylation is 2. The molecular weight excluding hydrogens is 386 g/mol. The van der Waals surface area contributed by atoms with Gasteiger partial charge in [-0.25, -0.2) is 15.0 Å². The van der Waals surface area contributed by atoms with Crippen LogP contribution in [0, 0.1) is 13.8 Å². The molecule has 31 heavy (non-hydrogen) atoms. The molecule has 0 radical (unpaired) electrons. The summed E-state index contributed by atoms with van der Waals surface area (Å²) in [4.78, 5) is 28.3. The second-order valence-electron chi connectivity index (χ2n) is 8.08. The van der Waals surface area contributed by atoms with E-state index < -0.39 is 0 Å². The molecule has 0 aliphatic rings. The van der Waals surface area contributed by atoms with Crippen molar-refractivity contribution in [2.24, 2.45) is 0 Å². The van der Waals surface area contributed by atoms with Crippen LogP contribution in [0.5, 0.6) is 0 Å². The molecule has 6 nitrogen and oxygen atoms in total. The molecular formula is C25H25N5O. The Labute approximate surface area is 180 Å². The lowest BCUT2D eigenvalue weighted by Gasteiger charge is -2.11. The minimum atomic E-state index is -0.0420. The first-order valence-electron chi connectivity index (χ1n) is 10.8. The molecule has 0 N–H and O–H groups in total. The standard InChI is InChI=1S/C25H25N5O/c1-4-5-8-14-29-17(3)26-23-21(25(29)31)22-24(28-20-13-7-6-12-19(20)27-22)30(23)18-11-9-10-16(2)15-18/h6-7,9-13,15H,4-5,8,14H2,1-3H3. The molecule has 0 unspecified atom stereocenters. The third-order valence-corrected chi connectivity index (χ3v) is 5.80. The van der Waals surface area contributed by atoms with Crippen molar-refractivity contribution >= 4 is 33.2 Å². The molecule has 156 valence electrons. The third-order valence-electron chi connectivity index (χ3n) is 5.80. The van der Waals surface area contributed by atoms with E-state index in [2.05, 4.69) is 26.0 Å². The summed E-state index contributed by atoms with van der Waals surface area (Å²) in [5, 5.41) is 0.539. The molecule has 0 aliphatic heterocycles. The van der Waals surface area contributed by atoms with Crippen molar-refractivity contribution in [3.8, 4) is 5.69 Å². The molecule has 2 aromatic carbocycles. The Morgan fingerprint density at radius 2 is 1.65 bits per heavy atom. The van der Waals surface area contributed by atoms with Crippen molar-refractivity contribution in [1.29, 1.82) is 0 Å². The summed E-state index contributed by atoms with van der Waals surface area (Å²) in [6.07, 6.45) is 3.14. The van der Waals surface area contributed by atoms with E-state index in [0.29, 0.717) is 28.7 Å². The fourth-order valence-corrected chi connectivity index (χ4v) is 4.23. The molecule has 5 rings (SSSR count). The summed E-state index contributed by atoms with van der Waals surface area (Å²) in [5.74, 6) is 0.717. The average Bonchev–Trinajstić information content (AvgIpc) is 3.07. The first kappa shape index (κ1) is 19.4. The highest BCUT2D eigenvalue weighted by atomic mass is 16.1. The summed E-state index contributed by atoms with van der Waals surface area (Å²) < 4.78 is 3.76. The highest BCUT2D eigenvalue weighted by Gasteiger charge is 2.22. The van der Waals surface area contributed by atoms with E-state index in [-0.39, 0.29) is 5.56 Å². The van der Waals surface area contributed by atoms with Crippen LogP contribution in [0.25, 0.3) is 38.9 Å². The molecule has 6 heteroatoms. The quantitative estimate of drug-likeness (QED) is 0.378. The SMILES string of the molecule is CCCCCn1c(C)nc2c(c1=O)c1nc3ccccc3nc1n2-c1cccc(C)c1. The van der Waals surface area contributed by atoms with Crippen LogP contribution in [-0.4, -0.2) is 24.1 Å². The van der Waals surface area contributed by atoms with Crippen molar-refractivity contribution < 1.29 is 0 Å². The lowest BCUT2D eigenvalue weighted by molar-refractivity contribution is 0.570. The van der Waals surface area contributed by atoms with Gasteiger partial charge in [-0.2, -0.15) is 0 Å². The Bertz CT molecular complexity index is 1500. The lowest BCUT2D eigenvalue weighted by Crippen LogP contribution is -2.24.